The van der Waals surface area contributed by atoms with Gasteiger partial charge in [0.2, 0.25) is 0 Å². The normalized spacial score (nSPS) is 44.2. The first-order chi connectivity index (χ1) is 12.6. The molecule has 0 aliphatic heterocycles. The van der Waals surface area contributed by atoms with Crippen molar-refractivity contribution in [1.29, 1.82) is 0 Å². The fraction of sp³-hybridized carbons (Fsp3) is 1.00. The van der Waals surface area contributed by atoms with E-state index in [9.17, 15) is 0 Å². The van der Waals surface area contributed by atoms with Crippen molar-refractivity contribution in [3.05, 3.63) is 0 Å². The zero-order valence-corrected chi connectivity index (χ0v) is 18.7. The summed E-state index contributed by atoms with van der Waals surface area (Å²) in [5.41, 5.74) is 0. The molecule has 0 N–H and O–H groups in total. The number of hydrogen-bond donors (Lipinski definition) is 1. The maximum Gasteiger partial charge on any atom is 0.0101 e. The first-order valence-electron chi connectivity index (χ1n) is 12.3. The van der Waals surface area contributed by atoms with Crippen LogP contribution < -0.4 is 0 Å². The second-order valence-corrected chi connectivity index (χ2v) is 11.8. The van der Waals surface area contributed by atoms with Crippen LogP contribution in [-0.2, 0) is 0 Å². The van der Waals surface area contributed by atoms with Crippen LogP contribution in [0.15, 0.2) is 0 Å². The van der Waals surface area contributed by atoms with Crippen LogP contribution in [0.2, 0.25) is 0 Å². The Labute approximate surface area is 170 Å². The molecule has 0 aromatic carbocycles. The minimum absolute atomic E-state index is 0.280. The zero-order chi connectivity index (χ0) is 18.4. The van der Waals surface area contributed by atoms with Crippen molar-refractivity contribution in [2.24, 2.45) is 29.6 Å². The maximum atomic E-state index is 5.08. The number of hydrogen-bond acceptors (Lipinski definition) is 1. The second kappa shape index (κ2) is 10.2. The number of rotatable bonds is 0. The topological polar surface area (TPSA) is 0 Å². The number of fused-ring (bicyclic) bond motifs is 3. The molecule has 0 amide bonds. The van der Waals surface area contributed by atoms with Crippen LogP contribution in [0.4, 0.5) is 0 Å². The van der Waals surface area contributed by atoms with Gasteiger partial charge in [-0.1, -0.05) is 84.5 Å². The van der Waals surface area contributed by atoms with Crippen molar-refractivity contribution in [3.8, 4) is 0 Å². The van der Waals surface area contributed by atoms with E-state index in [2.05, 4.69) is 13.8 Å². The predicted molar refractivity (Wildman–Crippen MR) is 119 cm³/mol. The van der Waals surface area contributed by atoms with Crippen molar-refractivity contribution in [2.45, 2.75) is 128 Å². The molecular weight excluding hydrogens is 332 g/mol. The molecule has 0 aromatic rings. The highest BCUT2D eigenvalue weighted by atomic mass is 32.1. The maximum absolute atomic E-state index is 5.08. The van der Waals surface area contributed by atoms with E-state index in [0.29, 0.717) is 0 Å². The molecule has 6 atom stereocenters. The highest BCUT2D eigenvalue weighted by Crippen LogP contribution is 2.45. The summed E-state index contributed by atoms with van der Waals surface area (Å²) in [6.45, 7) is 5.06. The third-order valence-electron chi connectivity index (χ3n) is 8.70. The van der Waals surface area contributed by atoms with Gasteiger partial charge in [-0.2, -0.15) is 12.6 Å². The molecular formula is C25H46S. The third kappa shape index (κ3) is 6.18. The Morgan fingerprint density at radius 3 is 1.54 bits per heavy atom. The van der Waals surface area contributed by atoms with Gasteiger partial charge in [-0.25, -0.2) is 0 Å². The minimum atomic E-state index is 0.280. The molecule has 0 radical (unpaired) electrons. The SMILES string of the molecule is CC1C2CCCCCCCC1CCC1CCC1CCCC(C)(S)CCC2. The lowest BCUT2D eigenvalue weighted by Gasteiger charge is -2.40. The molecule has 3 fully saturated rings. The summed E-state index contributed by atoms with van der Waals surface area (Å²) < 4.78 is 0.280. The molecule has 2 bridgehead atoms. The van der Waals surface area contributed by atoms with E-state index in [1.54, 1.807) is 12.8 Å². The van der Waals surface area contributed by atoms with E-state index in [4.69, 9.17) is 12.6 Å². The Bertz CT molecular complexity index is 401. The zero-order valence-electron chi connectivity index (χ0n) is 17.9. The van der Waals surface area contributed by atoms with Crippen molar-refractivity contribution in [2.75, 3.05) is 0 Å². The highest BCUT2D eigenvalue weighted by molar-refractivity contribution is 7.81. The third-order valence-corrected chi connectivity index (χ3v) is 9.15. The van der Waals surface area contributed by atoms with E-state index in [1.807, 2.05) is 0 Å². The van der Waals surface area contributed by atoms with Crippen molar-refractivity contribution >= 4 is 12.6 Å². The molecule has 3 aliphatic rings. The lowest BCUT2D eigenvalue weighted by molar-refractivity contribution is 0.115. The van der Waals surface area contributed by atoms with Gasteiger partial charge in [-0.05, 0) is 68.1 Å². The van der Waals surface area contributed by atoms with Crippen LogP contribution in [0.5, 0.6) is 0 Å². The van der Waals surface area contributed by atoms with E-state index < -0.39 is 0 Å². The summed E-state index contributed by atoms with van der Waals surface area (Å²) in [6.07, 6.45) is 25.1. The van der Waals surface area contributed by atoms with Crippen LogP contribution in [0, 0.1) is 29.6 Å². The van der Waals surface area contributed by atoms with Crippen molar-refractivity contribution in [1.82, 2.24) is 0 Å². The molecule has 26 heavy (non-hydrogen) atoms. The molecule has 0 heterocycles. The van der Waals surface area contributed by atoms with Gasteiger partial charge in [-0.15, -0.1) is 0 Å². The summed E-state index contributed by atoms with van der Waals surface area (Å²) >= 11 is 5.08. The van der Waals surface area contributed by atoms with Crippen molar-refractivity contribution in [3.63, 3.8) is 0 Å². The van der Waals surface area contributed by atoms with Crippen LogP contribution in [0.1, 0.15) is 123 Å². The van der Waals surface area contributed by atoms with Crippen LogP contribution in [-0.4, -0.2) is 4.75 Å². The standard InChI is InChI=1S/C25H46S/c1-20-21-10-6-4-3-5-7-11-22(20)14-15-24-17-16-23(24)13-9-19-25(2,26)18-8-12-21/h20-24,26H,3-19H2,1-2H3. The van der Waals surface area contributed by atoms with E-state index in [-0.39, 0.29) is 4.75 Å². The molecule has 0 nitrogen and oxygen atoms in total. The van der Waals surface area contributed by atoms with Gasteiger partial charge in [0.1, 0.15) is 0 Å². The average Bonchev–Trinajstić information content (AvgIpc) is 2.58. The van der Waals surface area contributed by atoms with Gasteiger partial charge < -0.3 is 0 Å². The van der Waals surface area contributed by atoms with Gasteiger partial charge in [0.25, 0.3) is 0 Å². The Hall–Kier alpha value is 0.350. The highest BCUT2D eigenvalue weighted by Gasteiger charge is 2.33. The lowest BCUT2D eigenvalue weighted by atomic mass is 9.66. The minimum Gasteiger partial charge on any atom is -0.173 e. The molecule has 0 saturated heterocycles. The molecule has 0 aromatic heterocycles. The first-order valence-corrected chi connectivity index (χ1v) is 12.7. The molecule has 152 valence electrons. The van der Waals surface area contributed by atoms with Gasteiger partial charge in [0.05, 0.1) is 0 Å². The summed E-state index contributed by atoms with van der Waals surface area (Å²) in [5.74, 6) is 5.10. The molecule has 3 rings (SSSR count). The summed E-state index contributed by atoms with van der Waals surface area (Å²) in [6, 6.07) is 0. The average molecular weight is 379 g/mol. The monoisotopic (exact) mass is 378 g/mol. The van der Waals surface area contributed by atoms with Gasteiger partial charge >= 0.3 is 0 Å². The quantitative estimate of drug-likeness (QED) is 0.401. The van der Waals surface area contributed by atoms with Crippen LogP contribution in [0.25, 0.3) is 0 Å². The van der Waals surface area contributed by atoms with Gasteiger partial charge in [0.15, 0.2) is 0 Å². The van der Waals surface area contributed by atoms with E-state index in [0.717, 1.165) is 29.6 Å². The summed E-state index contributed by atoms with van der Waals surface area (Å²) in [4.78, 5) is 0. The molecule has 0 spiro atoms. The first kappa shape index (κ1) is 21.1. The smallest absolute Gasteiger partial charge is 0.0101 e. The Morgan fingerprint density at radius 2 is 0.923 bits per heavy atom. The molecule has 3 saturated carbocycles. The Morgan fingerprint density at radius 1 is 0.538 bits per heavy atom. The van der Waals surface area contributed by atoms with Crippen molar-refractivity contribution < 1.29 is 0 Å². The predicted octanol–water partition coefficient (Wildman–Crippen LogP) is 8.45. The van der Waals surface area contributed by atoms with Gasteiger partial charge in [0, 0.05) is 4.75 Å². The molecule has 6 unspecified atom stereocenters. The molecule has 1 heteroatoms. The second-order valence-electron chi connectivity index (χ2n) is 10.7. The van der Waals surface area contributed by atoms with E-state index in [1.165, 1.54) is 96.3 Å². The summed E-state index contributed by atoms with van der Waals surface area (Å²) in [5, 5.41) is 0. The number of thiol groups is 1. The van der Waals surface area contributed by atoms with Crippen LogP contribution >= 0.6 is 12.6 Å². The lowest BCUT2D eigenvalue weighted by Crippen LogP contribution is -2.29. The fourth-order valence-electron chi connectivity index (χ4n) is 6.51. The van der Waals surface area contributed by atoms with Gasteiger partial charge in [-0.3, -0.25) is 0 Å². The fourth-order valence-corrected chi connectivity index (χ4v) is 6.83. The van der Waals surface area contributed by atoms with E-state index >= 15 is 0 Å². The van der Waals surface area contributed by atoms with Crippen LogP contribution in [0.3, 0.4) is 0 Å². The summed E-state index contributed by atoms with van der Waals surface area (Å²) in [7, 11) is 0. The largest absolute Gasteiger partial charge is 0.173 e. The molecule has 3 aliphatic carbocycles. The Balaban J connectivity index is 1.68. The Kier molecular flexibility index (Phi) is 8.28.